The third kappa shape index (κ3) is 4.41. The molecule has 0 radical (unpaired) electrons. The summed E-state index contributed by atoms with van der Waals surface area (Å²) in [5.74, 6) is 0.867. The number of benzene rings is 1. The van der Waals surface area contributed by atoms with Crippen molar-refractivity contribution in [3.05, 3.63) is 34.3 Å². The van der Waals surface area contributed by atoms with Crippen LogP contribution in [0.2, 0.25) is 0 Å². The van der Waals surface area contributed by atoms with Crippen LogP contribution in [0.3, 0.4) is 0 Å². The molecule has 2 heterocycles. The third-order valence-corrected chi connectivity index (χ3v) is 5.02. The predicted molar refractivity (Wildman–Crippen MR) is 98.6 cm³/mol. The molecule has 134 valence electrons. The fourth-order valence-corrected chi connectivity index (χ4v) is 3.40. The number of anilines is 2. The molecule has 0 aliphatic carbocycles. The zero-order valence-corrected chi connectivity index (χ0v) is 15.3. The van der Waals surface area contributed by atoms with Crippen molar-refractivity contribution in [2.45, 2.75) is 25.3 Å². The molecule has 4 N–H and O–H groups in total. The summed E-state index contributed by atoms with van der Waals surface area (Å²) >= 11 is 3.41. The zero-order valence-electron chi connectivity index (χ0n) is 13.7. The van der Waals surface area contributed by atoms with Crippen molar-refractivity contribution in [3.8, 4) is 0 Å². The molecule has 9 heteroatoms. The fourth-order valence-electron chi connectivity index (χ4n) is 3.13. The lowest BCUT2D eigenvalue weighted by molar-refractivity contribution is 0.116. The molecule has 1 aliphatic rings. The minimum atomic E-state index is -0.862. The number of aromatic amines is 1. The van der Waals surface area contributed by atoms with Crippen molar-refractivity contribution in [2.24, 2.45) is 0 Å². The highest BCUT2D eigenvalue weighted by Gasteiger charge is 2.28. The molecule has 0 bridgehead atoms. The SMILES string of the molecule is Nc1n[nH]c(N2CCC(N(CCc3ccc(Br)cc3)C(=O)O)CC2)n1. The summed E-state index contributed by atoms with van der Waals surface area (Å²) < 4.78 is 1.02. The number of nitrogen functional groups attached to an aromatic ring is 1. The molecule has 0 atom stereocenters. The van der Waals surface area contributed by atoms with Gasteiger partial charge in [0.25, 0.3) is 0 Å². The van der Waals surface area contributed by atoms with E-state index >= 15 is 0 Å². The largest absolute Gasteiger partial charge is 0.465 e. The molecule has 2 aromatic rings. The van der Waals surface area contributed by atoms with E-state index in [9.17, 15) is 9.90 Å². The standard InChI is InChI=1S/C16H21BrN6O2/c17-12-3-1-11(2-4-12)5-10-23(16(24)25)13-6-8-22(9-7-13)15-19-14(18)20-21-15/h1-4,13H,5-10H2,(H,24,25)(H3,18,19,20,21). The Labute approximate surface area is 154 Å². The molecule has 0 unspecified atom stereocenters. The van der Waals surface area contributed by atoms with E-state index in [1.54, 1.807) is 4.90 Å². The van der Waals surface area contributed by atoms with Crippen LogP contribution >= 0.6 is 15.9 Å². The van der Waals surface area contributed by atoms with Gasteiger partial charge in [0.2, 0.25) is 11.9 Å². The van der Waals surface area contributed by atoms with Crippen LogP contribution in [0.5, 0.6) is 0 Å². The van der Waals surface area contributed by atoms with Gasteiger partial charge in [0, 0.05) is 30.1 Å². The van der Waals surface area contributed by atoms with E-state index in [1.807, 2.05) is 24.3 Å². The van der Waals surface area contributed by atoms with E-state index in [0.717, 1.165) is 36.0 Å². The number of hydrogen-bond acceptors (Lipinski definition) is 5. The van der Waals surface area contributed by atoms with Crippen LogP contribution in [0.25, 0.3) is 0 Å². The molecule has 1 fully saturated rings. The number of halogens is 1. The van der Waals surface area contributed by atoms with Gasteiger partial charge in [-0.25, -0.2) is 9.89 Å². The maximum atomic E-state index is 11.7. The quantitative estimate of drug-likeness (QED) is 0.699. The average molecular weight is 409 g/mol. The number of H-pyrrole nitrogens is 1. The normalized spacial score (nSPS) is 15.3. The van der Waals surface area contributed by atoms with Crippen molar-refractivity contribution in [2.75, 3.05) is 30.3 Å². The monoisotopic (exact) mass is 408 g/mol. The number of nitrogens with zero attached hydrogens (tertiary/aromatic N) is 4. The number of rotatable bonds is 5. The number of piperidine rings is 1. The van der Waals surface area contributed by atoms with E-state index in [0.29, 0.717) is 18.9 Å². The van der Waals surface area contributed by atoms with E-state index in [2.05, 4.69) is 36.0 Å². The van der Waals surface area contributed by atoms with Gasteiger partial charge in [0.1, 0.15) is 0 Å². The third-order valence-electron chi connectivity index (χ3n) is 4.50. The van der Waals surface area contributed by atoms with Crippen LogP contribution in [-0.2, 0) is 6.42 Å². The summed E-state index contributed by atoms with van der Waals surface area (Å²) in [5, 5.41) is 16.2. The number of carbonyl (C=O) groups is 1. The summed E-state index contributed by atoms with van der Waals surface area (Å²) in [7, 11) is 0. The Bertz CT molecular complexity index is 712. The first-order valence-electron chi connectivity index (χ1n) is 8.20. The van der Waals surface area contributed by atoms with Crippen LogP contribution in [0.1, 0.15) is 18.4 Å². The van der Waals surface area contributed by atoms with Crippen LogP contribution in [0.4, 0.5) is 16.7 Å². The summed E-state index contributed by atoms with van der Waals surface area (Å²) in [6.07, 6.45) is 1.36. The highest BCUT2D eigenvalue weighted by molar-refractivity contribution is 9.10. The van der Waals surface area contributed by atoms with Gasteiger partial charge in [0.15, 0.2) is 0 Å². The van der Waals surface area contributed by atoms with Gasteiger partial charge in [-0.2, -0.15) is 4.98 Å². The van der Waals surface area contributed by atoms with E-state index < -0.39 is 6.09 Å². The van der Waals surface area contributed by atoms with Crippen LogP contribution < -0.4 is 10.6 Å². The van der Waals surface area contributed by atoms with Gasteiger partial charge in [-0.1, -0.05) is 28.1 Å². The zero-order chi connectivity index (χ0) is 17.8. The van der Waals surface area contributed by atoms with Crippen molar-refractivity contribution in [1.82, 2.24) is 20.1 Å². The molecule has 1 amide bonds. The van der Waals surface area contributed by atoms with Crippen LogP contribution in [-0.4, -0.2) is 57.0 Å². The van der Waals surface area contributed by atoms with Crippen LogP contribution in [0, 0.1) is 0 Å². The van der Waals surface area contributed by atoms with Crippen molar-refractivity contribution >= 4 is 33.9 Å². The Morgan fingerprint density at radius 1 is 1.36 bits per heavy atom. The molecule has 1 saturated heterocycles. The van der Waals surface area contributed by atoms with Gasteiger partial charge in [-0.05, 0) is 37.0 Å². The number of nitrogens with one attached hydrogen (secondary N) is 1. The molecule has 0 spiro atoms. The first-order chi connectivity index (χ1) is 12.0. The highest BCUT2D eigenvalue weighted by Crippen LogP contribution is 2.21. The highest BCUT2D eigenvalue weighted by atomic mass is 79.9. The number of carboxylic acid groups (broad SMARTS) is 1. The van der Waals surface area contributed by atoms with Gasteiger partial charge < -0.3 is 20.6 Å². The fraction of sp³-hybridized carbons (Fsp3) is 0.438. The molecular formula is C16H21BrN6O2. The first-order valence-corrected chi connectivity index (χ1v) is 8.99. The Kier molecular flexibility index (Phi) is 5.42. The maximum absolute atomic E-state index is 11.7. The molecule has 1 aromatic carbocycles. The van der Waals surface area contributed by atoms with Gasteiger partial charge in [0.05, 0.1) is 0 Å². The lowest BCUT2D eigenvalue weighted by Gasteiger charge is -2.37. The number of hydrogen-bond donors (Lipinski definition) is 3. The van der Waals surface area contributed by atoms with Crippen LogP contribution in [0.15, 0.2) is 28.7 Å². The Balaban J connectivity index is 1.56. The summed E-state index contributed by atoms with van der Waals surface area (Å²) in [5.41, 5.74) is 6.66. The maximum Gasteiger partial charge on any atom is 0.407 e. The second kappa shape index (κ2) is 7.73. The number of aromatic nitrogens is 3. The van der Waals surface area contributed by atoms with Crippen molar-refractivity contribution in [1.29, 1.82) is 0 Å². The first kappa shape index (κ1) is 17.5. The summed E-state index contributed by atoms with van der Waals surface area (Å²) in [6, 6.07) is 8.00. The smallest absolute Gasteiger partial charge is 0.407 e. The molecular weight excluding hydrogens is 388 g/mol. The molecule has 0 saturated carbocycles. The second-order valence-electron chi connectivity index (χ2n) is 6.09. The number of amides is 1. The minimum absolute atomic E-state index is 0.0180. The average Bonchev–Trinajstić information content (AvgIpc) is 3.03. The topological polar surface area (TPSA) is 111 Å². The van der Waals surface area contributed by atoms with Gasteiger partial charge in [-0.15, -0.1) is 5.10 Å². The van der Waals surface area contributed by atoms with Crippen molar-refractivity contribution in [3.63, 3.8) is 0 Å². The van der Waals surface area contributed by atoms with Crippen molar-refractivity contribution < 1.29 is 9.90 Å². The minimum Gasteiger partial charge on any atom is -0.465 e. The second-order valence-corrected chi connectivity index (χ2v) is 7.00. The Hall–Kier alpha value is -2.29. The lowest BCUT2D eigenvalue weighted by atomic mass is 10.0. The molecule has 1 aromatic heterocycles. The number of nitrogens with two attached hydrogens (primary N) is 1. The molecule has 8 nitrogen and oxygen atoms in total. The molecule has 25 heavy (non-hydrogen) atoms. The molecule has 1 aliphatic heterocycles. The van der Waals surface area contributed by atoms with E-state index in [1.165, 1.54) is 0 Å². The van der Waals surface area contributed by atoms with E-state index in [4.69, 9.17) is 5.73 Å². The van der Waals surface area contributed by atoms with Gasteiger partial charge in [-0.3, -0.25) is 0 Å². The van der Waals surface area contributed by atoms with Gasteiger partial charge >= 0.3 is 6.09 Å². The Morgan fingerprint density at radius 3 is 2.60 bits per heavy atom. The predicted octanol–water partition coefficient (Wildman–Crippen LogP) is 2.34. The lowest BCUT2D eigenvalue weighted by Crippen LogP contribution is -2.48. The van der Waals surface area contributed by atoms with E-state index in [-0.39, 0.29) is 12.0 Å². The summed E-state index contributed by atoms with van der Waals surface area (Å²) in [4.78, 5) is 19.4. The molecule has 3 rings (SSSR count). The summed E-state index contributed by atoms with van der Waals surface area (Å²) in [6.45, 7) is 1.94. The Morgan fingerprint density at radius 2 is 2.04 bits per heavy atom.